The van der Waals surface area contributed by atoms with Crippen LogP contribution in [0.5, 0.6) is 0 Å². The van der Waals surface area contributed by atoms with Gasteiger partial charge in [0.1, 0.15) is 5.82 Å². The minimum atomic E-state index is -0.575. The predicted octanol–water partition coefficient (Wildman–Crippen LogP) is 3.33. The molecule has 0 saturated carbocycles. The summed E-state index contributed by atoms with van der Waals surface area (Å²) in [5, 5.41) is 8.00. The SMILES string of the molecule is Cc1[nH]c(=O)[nH]c(=O)c1N=Nc1ccc(-c2nc3ccccc3[nH]2)cc1. The van der Waals surface area contributed by atoms with Gasteiger partial charge >= 0.3 is 5.69 Å². The smallest absolute Gasteiger partial charge is 0.326 e. The quantitative estimate of drug-likeness (QED) is 0.493. The second kappa shape index (κ2) is 6.25. The maximum absolute atomic E-state index is 11.8. The molecule has 8 heteroatoms. The summed E-state index contributed by atoms with van der Waals surface area (Å²) < 4.78 is 0. The van der Waals surface area contributed by atoms with E-state index < -0.39 is 11.2 Å². The molecule has 2 heterocycles. The molecule has 0 spiro atoms. The van der Waals surface area contributed by atoms with Gasteiger partial charge in [0.05, 0.1) is 16.7 Å². The summed E-state index contributed by atoms with van der Waals surface area (Å²) >= 11 is 0. The van der Waals surface area contributed by atoms with Gasteiger partial charge in [0.2, 0.25) is 0 Å². The van der Waals surface area contributed by atoms with E-state index >= 15 is 0 Å². The van der Waals surface area contributed by atoms with E-state index in [0.29, 0.717) is 11.4 Å². The Morgan fingerprint density at radius 1 is 0.885 bits per heavy atom. The highest BCUT2D eigenvalue weighted by Gasteiger charge is 2.06. The summed E-state index contributed by atoms with van der Waals surface area (Å²) in [5.74, 6) is 0.766. The highest BCUT2D eigenvalue weighted by atomic mass is 16.2. The topological polar surface area (TPSA) is 119 Å². The average molecular weight is 346 g/mol. The van der Waals surface area contributed by atoms with E-state index in [1.54, 1.807) is 19.1 Å². The maximum atomic E-state index is 11.8. The van der Waals surface area contributed by atoms with Crippen molar-refractivity contribution in [3.8, 4) is 11.4 Å². The molecule has 0 radical (unpaired) electrons. The molecular weight excluding hydrogens is 332 g/mol. The molecular formula is C18H14N6O2. The zero-order valence-electron chi connectivity index (χ0n) is 13.8. The number of hydrogen-bond acceptors (Lipinski definition) is 5. The molecule has 2 aromatic carbocycles. The number of aryl methyl sites for hydroxylation is 1. The lowest BCUT2D eigenvalue weighted by Gasteiger charge is -1.98. The van der Waals surface area contributed by atoms with Gasteiger partial charge in [-0.2, -0.15) is 5.11 Å². The Kier molecular flexibility index (Phi) is 3.77. The van der Waals surface area contributed by atoms with E-state index in [9.17, 15) is 9.59 Å². The molecule has 0 bridgehead atoms. The summed E-state index contributed by atoms with van der Waals surface area (Å²) in [6, 6.07) is 15.1. The lowest BCUT2D eigenvalue weighted by molar-refractivity contribution is 0.977. The summed E-state index contributed by atoms with van der Waals surface area (Å²) in [4.78, 5) is 35.4. The summed E-state index contributed by atoms with van der Waals surface area (Å²) in [6.45, 7) is 1.59. The number of hydrogen-bond donors (Lipinski definition) is 3. The monoisotopic (exact) mass is 346 g/mol. The Labute approximate surface area is 146 Å². The van der Waals surface area contributed by atoms with Gasteiger partial charge in [0, 0.05) is 11.3 Å². The molecule has 8 nitrogen and oxygen atoms in total. The van der Waals surface area contributed by atoms with Crippen LogP contribution < -0.4 is 11.2 Å². The van der Waals surface area contributed by atoms with Crippen molar-refractivity contribution in [1.29, 1.82) is 0 Å². The number of azo groups is 1. The van der Waals surface area contributed by atoms with E-state index in [1.165, 1.54) is 0 Å². The van der Waals surface area contributed by atoms with Crippen LogP contribution in [0.15, 0.2) is 68.3 Å². The van der Waals surface area contributed by atoms with Gasteiger partial charge in [0.25, 0.3) is 5.56 Å². The maximum Gasteiger partial charge on any atom is 0.326 e. The number of nitrogens with zero attached hydrogens (tertiary/aromatic N) is 3. The van der Waals surface area contributed by atoms with Crippen molar-refractivity contribution in [2.75, 3.05) is 0 Å². The predicted molar refractivity (Wildman–Crippen MR) is 98.1 cm³/mol. The van der Waals surface area contributed by atoms with Crippen LogP contribution in [0, 0.1) is 6.92 Å². The van der Waals surface area contributed by atoms with Gasteiger partial charge in [-0.1, -0.05) is 12.1 Å². The van der Waals surface area contributed by atoms with Crippen LogP contribution in [0.3, 0.4) is 0 Å². The van der Waals surface area contributed by atoms with Gasteiger partial charge < -0.3 is 9.97 Å². The first-order valence-electron chi connectivity index (χ1n) is 7.90. The van der Waals surface area contributed by atoms with Gasteiger partial charge in [-0.05, 0) is 43.3 Å². The molecule has 0 atom stereocenters. The number of H-pyrrole nitrogens is 3. The Balaban J connectivity index is 1.62. The molecule has 0 fully saturated rings. The third-order valence-electron chi connectivity index (χ3n) is 3.89. The van der Waals surface area contributed by atoms with Crippen molar-refractivity contribution in [3.05, 3.63) is 75.1 Å². The number of aromatic amines is 3. The van der Waals surface area contributed by atoms with E-state index in [4.69, 9.17) is 0 Å². The Morgan fingerprint density at radius 2 is 1.65 bits per heavy atom. The highest BCUT2D eigenvalue weighted by Crippen LogP contribution is 2.24. The molecule has 4 rings (SSSR count). The number of para-hydroxylation sites is 2. The van der Waals surface area contributed by atoms with Crippen LogP contribution in [0.25, 0.3) is 22.4 Å². The molecule has 0 aliphatic heterocycles. The molecule has 0 aliphatic rings. The molecule has 0 saturated heterocycles. The molecule has 4 aromatic rings. The summed E-state index contributed by atoms with van der Waals surface area (Å²) in [6.07, 6.45) is 0. The minimum Gasteiger partial charge on any atom is -0.338 e. The first-order chi connectivity index (χ1) is 12.6. The minimum absolute atomic E-state index is 0.0750. The van der Waals surface area contributed by atoms with Crippen molar-refractivity contribution in [1.82, 2.24) is 19.9 Å². The fourth-order valence-corrected chi connectivity index (χ4v) is 2.60. The van der Waals surface area contributed by atoms with Crippen molar-refractivity contribution < 1.29 is 0 Å². The van der Waals surface area contributed by atoms with Crippen molar-refractivity contribution in [3.63, 3.8) is 0 Å². The van der Waals surface area contributed by atoms with Crippen LogP contribution in [0.2, 0.25) is 0 Å². The zero-order chi connectivity index (χ0) is 18.1. The molecule has 26 heavy (non-hydrogen) atoms. The number of aromatic nitrogens is 4. The van der Waals surface area contributed by atoms with E-state index in [2.05, 4.69) is 30.2 Å². The first-order valence-corrected chi connectivity index (χ1v) is 7.90. The summed E-state index contributed by atoms with van der Waals surface area (Å²) in [5.41, 5.74) is 2.66. The van der Waals surface area contributed by atoms with E-state index in [-0.39, 0.29) is 5.69 Å². The van der Waals surface area contributed by atoms with Gasteiger partial charge in [0.15, 0.2) is 5.69 Å². The average Bonchev–Trinajstić information content (AvgIpc) is 3.05. The lowest BCUT2D eigenvalue weighted by Crippen LogP contribution is -2.22. The second-order valence-corrected chi connectivity index (χ2v) is 5.73. The third kappa shape index (κ3) is 2.95. The van der Waals surface area contributed by atoms with E-state index in [0.717, 1.165) is 22.4 Å². The van der Waals surface area contributed by atoms with Gasteiger partial charge in [-0.3, -0.25) is 9.78 Å². The van der Waals surface area contributed by atoms with Crippen LogP contribution >= 0.6 is 0 Å². The fraction of sp³-hybridized carbons (Fsp3) is 0.0556. The van der Waals surface area contributed by atoms with Crippen molar-refractivity contribution in [2.45, 2.75) is 6.92 Å². The zero-order valence-corrected chi connectivity index (χ0v) is 13.8. The highest BCUT2D eigenvalue weighted by molar-refractivity contribution is 5.79. The number of rotatable bonds is 3. The van der Waals surface area contributed by atoms with Crippen molar-refractivity contribution in [2.24, 2.45) is 10.2 Å². The molecule has 128 valence electrons. The van der Waals surface area contributed by atoms with Crippen molar-refractivity contribution >= 4 is 22.4 Å². The lowest BCUT2D eigenvalue weighted by atomic mass is 10.2. The number of fused-ring (bicyclic) bond motifs is 1. The number of benzene rings is 2. The number of imidazole rings is 1. The Hall–Kier alpha value is -3.81. The molecule has 2 aromatic heterocycles. The first kappa shape index (κ1) is 15.7. The van der Waals surface area contributed by atoms with Crippen LogP contribution in [-0.4, -0.2) is 19.9 Å². The van der Waals surface area contributed by atoms with Crippen LogP contribution in [0.4, 0.5) is 11.4 Å². The number of nitrogens with one attached hydrogen (secondary N) is 3. The second-order valence-electron chi connectivity index (χ2n) is 5.73. The Morgan fingerprint density at radius 3 is 2.38 bits per heavy atom. The molecule has 0 aliphatic carbocycles. The van der Waals surface area contributed by atoms with Crippen LogP contribution in [0.1, 0.15) is 5.69 Å². The standard InChI is InChI=1S/C18H14N6O2/c1-10-15(17(25)22-18(26)19-10)24-23-12-8-6-11(7-9-12)16-20-13-4-2-3-5-14(13)21-16/h2-9H,1H3,(H,20,21)(H2,19,22,25,26). The summed E-state index contributed by atoms with van der Waals surface area (Å²) in [7, 11) is 0. The normalized spacial score (nSPS) is 11.4. The van der Waals surface area contributed by atoms with Crippen LogP contribution in [-0.2, 0) is 0 Å². The fourth-order valence-electron chi connectivity index (χ4n) is 2.60. The van der Waals surface area contributed by atoms with Gasteiger partial charge in [-0.15, -0.1) is 5.11 Å². The Bertz CT molecular complexity index is 1200. The third-order valence-corrected chi connectivity index (χ3v) is 3.89. The molecule has 3 N–H and O–H groups in total. The van der Waals surface area contributed by atoms with Gasteiger partial charge in [-0.25, -0.2) is 9.78 Å². The molecule has 0 amide bonds. The van der Waals surface area contributed by atoms with E-state index in [1.807, 2.05) is 36.4 Å². The largest absolute Gasteiger partial charge is 0.338 e. The molecule has 0 unspecified atom stereocenters.